The molecule has 0 spiro atoms. The Kier molecular flexibility index (Phi) is 5.56. The SMILES string of the molecule is COc1ccc(C(NC(=O)[C@@H]2CCCN2)c2ccc(OC)cc2)cc1. The molecule has 0 aromatic heterocycles. The van der Waals surface area contributed by atoms with Crippen LogP contribution in [0.3, 0.4) is 0 Å². The number of benzene rings is 2. The van der Waals surface area contributed by atoms with Crippen LogP contribution in [0.1, 0.15) is 30.0 Å². The first-order valence-corrected chi connectivity index (χ1v) is 8.53. The molecule has 1 fully saturated rings. The van der Waals surface area contributed by atoms with E-state index in [1.54, 1.807) is 14.2 Å². The van der Waals surface area contributed by atoms with Crippen LogP contribution in [0, 0.1) is 0 Å². The zero-order chi connectivity index (χ0) is 17.6. The number of nitrogens with one attached hydrogen (secondary N) is 2. The van der Waals surface area contributed by atoms with Crippen molar-refractivity contribution in [2.24, 2.45) is 0 Å². The summed E-state index contributed by atoms with van der Waals surface area (Å²) in [6.07, 6.45) is 1.91. The van der Waals surface area contributed by atoms with Crippen molar-refractivity contribution in [1.82, 2.24) is 10.6 Å². The van der Waals surface area contributed by atoms with Crippen molar-refractivity contribution in [3.8, 4) is 11.5 Å². The molecular weight excluding hydrogens is 316 g/mol. The molecule has 1 heterocycles. The predicted molar refractivity (Wildman–Crippen MR) is 97.0 cm³/mol. The van der Waals surface area contributed by atoms with Crippen LogP contribution < -0.4 is 20.1 Å². The molecule has 1 aliphatic rings. The Labute approximate surface area is 148 Å². The molecule has 1 aliphatic heterocycles. The van der Waals surface area contributed by atoms with E-state index in [1.807, 2.05) is 48.5 Å². The minimum Gasteiger partial charge on any atom is -0.497 e. The molecule has 0 unspecified atom stereocenters. The van der Waals surface area contributed by atoms with Crippen molar-refractivity contribution in [1.29, 1.82) is 0 Å². The third-order valence-electron chi connectivity index (χ3n) is 4.56. The van der Waals surface area contributed by atoms with E-state index in [2.05, 4.69) is 10.6 Å². The fourth-order valence-corrected chi connectivity index (χ4v) is 3.10. The second kappa shape index (κ2) is 8.03. The van der Waals surface area contributed by atoms with Crippen molar-refractivity contribution in [2.45, 2.75) is 24.9 Å². The normalized spacial score (nSPS) is 16.7. The standard InChI is InChI=1S/C20H24N2O3/c1-24-16-9-5-14(6-10-16)19(15-7-11-17(25-2)12-8-15)22-20(23)18-4-3-13-21-18/h5-12,18-19,21H,3-4,13H2,1-2H3,(H,22,23)/t18-/m0/s1. The van der Waals surface area contributed by atoms with Gasteiger partial charge in [0.2, 0.25) is 5.91 Å². The molecule has 25 heavy (non-hydrogen) atoms. The van der Waals surface area contributed by atoms with Crippen LogP contribution >= 0.6 is 0 Å². The molecule has 3 rings (SSSR count). The highest BCUT2D eigenvalue weighted by Crippen LogP contribution is 2.26. The van der Waals surface area contributed by atoms with Crippen molar-refractivity contribution < 1.29 is 14.3 Å². The highest BCUT2D eigenvalue weighted by molar-refractivity contribution is 5.82. The summed E-state index contributed by atoms with van der Waals surface area (Å²) < 4.78 is 10.5. The topological polar surface area (TPSA) is 59.6 Å². The van der Waals surface area contributed by atoms with E-state index in [0.29, 0.717) is 0 Å². The number of hydrogen-bond donors (Lipinski definition) is 2. The molecule has 0 bridgehead atoms. The Bertz CT molecular complexity index is 644. The predicted octanol–water partition coefficient (Wildman–Crippen LogP) is 2.66. The average molecular weight is 340 g/mol. The maximum Gasteiger partial charge on any atom is 0.237 e. The molecule has 2 aromatic carbocycles. The molecule has 132 valence electrons. The molecule has 1 saturated heterocycles. The van der Waals surface area contributed by atoms with E-state index < -0.39 is 0 Å². The Morgan fingerprint density at radius 1 is 1.00 bits per heavy atom. The first-order valence-electron chi connectivity index (χ1n) is 8.53. The van der Waals surface area contributed by atoms with Gasteiger partial charge in [-0.2, -0.15) is 0 Å². The van der Waals surface area contributed by atoms with Crippen molar-refractivity contribution >= 4 is 5.91 Å². The minimum absolute atomic E-state index is 0.0362. The van der Waals surface area contributed by atoms with E-state index in [-0.39, 0.29) is 18.0 Å². The third-order valence-corrected chi connectivity index (χ3v) is 4.56. The van der Waals surface area contributed by atoms with Crippen LogP contribution in [0.25, 0.3) is 0 Å². The monoisotopic (exact) mass is 340 g/mol. The number of hydrogen-bond acceptors (Lipinski definition) is 4. The smallest absolute Gasteiger partial charge is 0.237 e. The quantitative estimate of drug-likeness (QED) is 0.849. The summed E-state index contributed by atoms with van der Waals surface area (Å²) in [7, 11) is 3.28. The lowest BCUT2D eigenvalue weighted by atomic mass is 9.98. The van der Waals surface area contributed by atoms with Gasteiger partial charge in [0.25, 0.3) is 0 Å². The van der Waals surface area contributed by atoms with Crippen LogP contribution in [0.4, 0.5) is 0 Å². The van der Waals surface area contributed by atoms with Gasteiger partial charge < -0.3 is 20.1 Å². The largest absolute Gasteiger partial charge is 0.497 e. The van der Waals surface area contributed by atoms with Gasteiger partial charge in [0.15, 0.2) is 0 Å². The molecule has 5 nitrogen and oxygen atoms in total. The third kappa shape index (κ3) is 4.12. The van der Waals surface area contributed by atoms with Crippen LogP contribution in [0.2, 0.25) is 0 Å². The average Bonchev–Trinajstić information content (AvgIpc) is 3.21. The molecule has 5 heteroatoms. The van der Waals surface area contributed by atoms with Gasteiger partial charge in [-0.05, 0) is 54.8 Å². The summed E-state index contributed by atoms with van der Waals surface area (Å²) >= 11 is 0. The molecule has 0 radical (unpaired) electrons. The summed E-state index contributed by atoms with van der Waals surface area (Å²) in [5.74, 6) is 1.62. The van der Waals surface area contributed by atoms with Crippen LogP contribution in [-0.2, 0) is 4.79 Å². The van der Waals surface area contributed by atoms with Gasteiger partial charge in [0.05, 0.1) is 26.3 Å². The maximum absolute atomic E-state index is 12.6. The Morgan fingerprint density at radius 3 is 1.92 bits per heavy atom. The first kappa shape index (κ1) is 17.3. The Balaban J connectivity index is 1.87. The maximum atomic E-state index is 12.6. The number of methoxy groups -OCH3 is 2. The number of rotatable bonds is 6. The van der Waals surface area contributed by atoms with Gasteiger partial charge >= 0.3 is 0 Å². The molecule has 1 amide bonds. The lowest BCUT2D eigenvalue weighted by Gasteiger charge is -2.22. The Hall–Kier alpha value is -2.53. The second-order valence-corrected chi connectivity index (χ2v) is 6.14. The molecule has 1 atom stereocenters. The fraction of sp³-hybridized carbons (Fsp3) is 0.350. The van der Waals surface area contributed by atoms with Gasteiger partial charge in [-0.1, -0.05) is 24.3 Å². The highest BCUT2D eigenvalue weighted by Gasteiger charge is 2.25. The van der Waals surface area contributed by atoms with E-state index in [9.17, 15) is 4.79 Å². The summed E-state index contributed by atoms with van der Waals surface area (Å²) in [5.41, 5.74) is 2.02. The number of ether oxygens (including phenoxy) is 2. The minimum atomic E-state index is -0.216. The molecule has 2 aromatic rings. The number of carbonyl (C=O) groups excluding carboxylic acids is 1. The van der Waals surface area contributed by atoms with Crippen LogP contribution in [0.15, 0.2) is 48.5 Å². The first-order chi connectivity index (χ1) is 12.2. The number of carbonyl (C=O) groups is 1. The molecule has 0 saturated carbocycles. The Morgan fingerprint density at radius 2 is 1.52 bits per heavy atom. The van der Waals surface area contributed by atoms with Crippen LogP contribution in [-0.4, -0.2) is 32.7 Å². The van der Waals surface area contributed by atoms with Crippen molar-refractivity contribution in [3.05, 3.63) is 59.7 Å². The molecule has 0 aliphatic carbocycles. The van der Waals surface area contributed by atoms with Gasteiger partial charge in [-0.25, -0.2) is 0 Å². The fourth-order valence-electron chi connectivity index (χ4n) is 3.10. The summed E-state index contributed by atoms with van der Waals surface area (Å²) in [6.45, 7) is 0.897. The molecule has 2 N–H and O–H groups in total. The van der Waals surface area contributed by atoms with E-state index in [0.717, 1.165) is 42.0 Å². The zero-order valence-electron chi connectivity index (χ0n) is 14.6. The summed E-state index contributed by atoms with van der Waals surface area (Å²) in [4.78, 5) is 12.6. The zero-order valence-corrected chi connectivity index (χ0v) is 14.6. The second-order valence-electron chi connectivity index (χ2n) is 6.14. The summed E-state index contributed by atoms with van der Waals surface area (Å²) in [5, 5.41) is 6.43. The lowest BCUT2D eigenvalue weighted by molar-refractivity contribution is -0.123. The van der Waals surface area contributed by atoms with Gasteiger partial charge in [0, 0.05) is 0 Å². The van der Waals surface area contributed by atoms with Crippen molar-refractivity contribution in [2.75, 3.05) is 20.8 Å². The highest BCUT2D eigenvalue weighted by atomic mass is 16.5. The van der Waals surface area contributed by atoms with E-state index >= 15 is 0 Å². The lowest BCUT2D eigenvalue weighted by Crippen LogP contribution is -2.42. The van der Waals surface area contributed by atoms with E-state index in [4.69, 9.17) is 9.47 Å². The summed E-state index contributed by atoms with van der Waals surface area (Å²) in [6, 6.07) is 15.2. The van der Waals surface area contributed by atoms with E-state index in [1.165, 1.54) is 0 Å². The van der Waals surface area contributed by atoms with Crippen molar-refractivity contribution in [3.63, 3.8) is 0 Å². The number of amides is 1. The van der Waals surface area contributed by atoms with Gasteiger partial charge in [0.1, 0.15) is 11.5 Å². The molecular formula is C20H24N2O3. The van der Waals surface area contributed by atoms with Gasteiger partial charge in [-0.15, -0.1) is 0 Å². The van der Waals surface area contributed by atoms with Gasteiger partial charge in [-0.3, -0.25) is 4.79 Å². The van der Waals surface area contributed by atoms with Crippen LogP contribution in [0.5, 0.6) is 11.5 Å².